The quantitative estimate of drug-likeness (QED) is 0.498. The lowest BCUT2D eigenvalue weighted by Crippen LogP contribution is -2.00. The summed E-state index contributed by atoms with van der Waals surface area (Å²) in [5.74, 6) is -0.397. The monoisotopic (exact) mass is 229 g/mol. The highest BCUT2D eigenvalue weighted by atomic mass is 16.5. The van der Waals surface area contributed by atoms with Crippen molar-refractivity contribution in [1.29, 1.82) is 0 Å². The zero-order valence-electron chi connectivity index (χ0n) is 9.27. The predicted octanol–water partition coefficient (Wildman–Crippen LogP) is 2.17. The van der Waals surface area contributed by atoms with Crippen LogP contribution in [-0.4, -0.2) is 24.3 Å². The number of rotatable bonds is 3. The van der Waals surface area contributed by atoms with E-state index < -0.39 is 5.97 Å². The first kappa shape index (κ1) is 11.1. The number of hydrogen-bond acceptors (Lipinski definition) is 3. The van der Waals surface area contributed by atoms with Crippen LogP contribution < -0.4 is 0 Å². The molecule has 4 heteroatoms. The van der Waals surface area contributed by atoms with Gasteiger partial charge in [0.1, 0.15) is 12.0 Å². The van der Waals surface area contributed by atoms with Gasteiger partial charge in [-0.3, -0.25) is 4.79 Å². The fourth-order valence-corrected chi connectivity index (χ4v) is 1.62. The standard InChI is InChI=1S/C13H11NO3/c1-17-13(16)12-8-10-5-4-9(3-2-6-15)7-11(10)14-12/h2-8,14H,1H3. The van der Waals surface area contributed by atoms with Crippen molar-refractivity contribution in [3.05, 3.63) is 41.6 Å². The van der Waals surface area contributed by atoms with Gasteiger partial charge in [0.2, 0.25) is 0 Å². The molecule has 0 aliphatic rings. The zero-order valence-corrected chi connectivity index (χ0v) is 9.27. The summed E-state index contributed by atoms with van der Waals surface area (Å²) >= 11 is 0. The van der Waals surface area contributed by atoms with E-state index in [0.29, 0.717) is 5.69 Å². The van der Waals surface area contributed by atoms with Gasteiger partial charge in [-0.25, -0.2) is 4.79 Å². The van der Waals surface area contributed by atoms with Crippen LogP contribution in [0.25, 0.3) is 17.0 Å². The number of benzene rings is 1. The Morgan fingerprint density at radius 3 is 2.88 bits per heavy atom. The fraction of sp³-hybridized carbons (Fsp3) is 0.0769. The van der Waals surface area contributed by atoms with Crippen molar-refractivity contribution in [3.63, 3.8) is 0 Å². The van der Waals surface area contributed by atoms with Crippen molar-refractivity contribution in [2.75, 3.05) is 7.11 Å². The molecule has 2 aromatic rings. The van der Waals surface area contributed by atoms with E-state index >= 15 is 0 Å². The molecule has 17 heavy (non-hydrogen) atoms. The predicted molar refractivity (Wildman–Crippen MR) is 64.7 cm³/mol. The lowest BCUT2D eigenvalue weighted by Gasteiger charge is -1.93. The molecule has 86 valence electrons. The van der Waals surface area contributed by atoms with Gasteiger partial charge in [0.15, 0.2) is 0 Å². The SMILES string of the molecule is COC(=O)c1cc2ccc(C=CC=O)cc2[nH]1. The molecule has 0 saturated carbocycles. The van der Waals surface area contributed by atoms with Gasteiger partial charge in [0.25, 0.3) is 0 Å². The zero-order chi connectivity index (χ0) is 12.3. The molecule has 0 atom stereocenters. The molecule has 2 rings (SSSR count). The summed E-state index contributed by atoms with van der Waals surface area (Å²) in [5, 5.41) is 0.925. The number of carbonyl (C=O) groups excluding carboxylic acids is 2. The van der Waals surface area contributed by atoms with Gasteiger partial charge in [0.05, 0.1) is 7.11 Å². The van der Waals surface area contributed by atoms with Gasteiger partial charge in [-0.2, -0.15) is 0 Å². The molecule has 0 aliphatic carbocycles. The van der Waals surface area contributed by atoms with Crippen molar-refractivity contribution in [2.24, 2.45) is 0 Å². The first-order valence-electron chi connectivity index (χ1n) is 5.07. The number of aldehydes is 1. The highest BCUT2D eigenvalue weighted by molar-refractivity contribution is 5.95. The van der Waals surface area contributed by atoms with E-state index in [1.165, 1.54) is 13.2 Å². The van der Waals surface area contributed by atoms with Gasteiger partial charge in [-0.1, -0.05) is 18.2 Å². The largest absolute Gasteiger partial charge is 0.464 e. The van der Waals surface area contributed by atoms with Crippen LogP contribution >= 0.6 is 0 Å². The Kier molecular flexibility index (Phi) is 3.05. The maximum atomic E-state index is 11.3. The number of aromatic amines is 1. The van der Waals surface area contributed by atoms with Crippen molar-refractivity contribution < 1.29 is 14.3 Å². The number of ether oxygens (including phenoxy) is 1. The molecular weight excluding hydrogens is 218 g/mol. The summed E-state index contributed by atoms with van der Waals surface area (Å²) in [4.78, 5) is 24.5. The average Bonchev–Trinajstić information content (AvgIpc) is 2.78. The minimum atomic E-state index is -0.397. The first-order chi connectivity index (χ1) is 8.24. The van der Waals surface area contributed by atoms with E-state index in [1.54, 1.807) is 12.1 Å². The molecule has 0 saturated heterocycles. The van der Waals surface area contributed by atoms with Crippen LogP contribution in [0.1, 0.15) is 16.1 Å². The number of methoxy groups -OCH3 is 1. The van der Waals surface area contributed by atoms with Gasteiger partial charge in [-0.15, -0.1) is 0 Å². The molecule has 0 radical (unpaired) electrons. The van der Waals surface area contributed by atoms with E-state index in [1.807, 2.05) is 18.2 Å². The maximum Gasteiger partial charge on any atom is 0.354 e. The minimum Gasteiger partial charge on any atom is -0.464 e. The molecule has 0 amide bonds. The van der Waals surface area contributed by atoms with Gasteiger partial charge in [0, 0.05) is 10.9 Å². The number of esters is 1. The number of hydrogen-bond donors (Lipinski definition) is 1. The molecule has 1 N–H and O–H groups in total. The van der Waals surface area contributed by atoms with Crippen LogP contribution in [0.4, 0.5) is 0 Å². The Hall–Kier alpha value is -2.36. The summed E-state index contributed by atoms with van der Waals surface area (Å²) < 4.78 is 4.63. The topological polar surface area (TPSA) is 59.2 Å². The van der Waals surface area contributed by atoms with E-state index in [9.17, 15) is 9.59 Å². The first-order valence-corrected chi connectivity index (χ1v) is 5.07. The van der Waals surface area contributed by atoms with Crippen molar-refractivity contribution in [3.8, 4) is 0 Å². The Balaban J connectivity index is 2.44. The Morgan fingerprint density at radius 1 is 1.35 bits per heavy atom. The van der Waals surface area contributed by atoms with Crippen molar-refractivity contribution in [1.82, 2.24) is 4.98 Å². The number of allylic oxidation sites excluding steroid dienone is 1. The van der Waals surface area contributed by atoms with Crippen LogP contribution in [0.2, 0.25) is 0 Å². The maximum absolute atomic E-state index is 11.3. The van der Waals surface area contributed by atoms with Crippen LogP contribution in [0.3, 0.4) is 0 Å². The second kappa shape index (κ2) is 4.65. The van der Waals surface area contributed by atoms with E-state index in [-0.39, 0.29) is 0 Å². The molecule has 0 unspecified atom stereocenters. The van der Waals surface area contributed by atoms with Crippen LogP contribution in [0, 0.1) is 0 Å². The number of H-pyrrole nitrogens is 1. The normalized spacial score (nSPS) is 10.9. The molecule has 0 spiro atoms. The molecule has 0 aliphatic heterocycles. The molecule has 4 nitrogen and oxygen atoms in total. The van der Waals surface area contributed by atoms with Crippen LogP contribution in [0.5, 0.6) is 0 Å². The summed E-state index contributed by atoms with van der Waals surface area (Å²) in [6, 6.07) is 7.34. The van der Waals surface area contributed by atoms with Crippen LogP contribution in [0.15, 0.2) is 30.3 Å². The summed E-state index contributed by atoms with van der Waals surface area (Å²) in [5.41, 5.74) is 2.14. The molecular formula is C13H11NO3. The lowest BCUT2D eigenvalue weighted by molar-refractivity contribution is -0.104. The third-order valence-corrected chi connectivity index (χ3v) is 2.42. The van der Waals surface area contributed by atoms with E-state index in [4.69, 9.17) is 0 Å². The number of aromatic nitrogens is 1. The molecule has 1 aromatic carbocycles. The number of fused-ring (bicyclic) bond motifs is 1. The van der Waals surface area contributed by atoms with Gasteiger partial charge < -0.3 is 9.72 Å². The summed E-state index contributed by atoms with van der Waals surface area (Å²) in [7, 11) is 1.34. The molecule has 1 heterocycles. The van der Waals surface area contributed by atoms with Crippen LogP contribution in [-0.2, 0) is 9.53 Å². The summed E-state index contributed by atoms with van der Waals surface area (Å²) in [6.07, 6.45) is 3.84. The van der Waals surface area contributed by atoms with Gasteiger partial charge in [-0.05, 0) is 23.8 Å². The smallest absolute Gasteiger partial charge is 0.354 e. The molecule has 1 aromatic heterocycles. The third-order valence-electron chi connectivity index (χ3n) is 2.42. The highest BCUT2D eigenvalue weighted by Gasteiger charge is 2.08. The van der Waals surface area contributed by atoms with Gasteiger partial charge >= 0.3 is 5.97 Å². The highest BCUT2D eigenvalue weighted by Crippen LogP contribution is 2.18. The average molecular weight is 229 g/mol. The summed E-state index contributed by atoms with van der Waals surface area (Å²) in [6.45, 7) is 0. The van der Waals surface area contributed by atoms with E-state index in [2.05, 4.69) is 9.72 Å². The second-order valence-corrected chi connectivity index (χ2v) is 3.52. The molecule has 0 fully saturated rings. The third kappa shape index (κ3) is 2.25. The Labute approximate surface area is 97.9 Å². The van der Waals surface area contributed by atoms with E-state index in [0.717, 1.165) is 22.8 Å². The Bertz CT molecular complexity index is 596. The fourth-order valence-electron chi connectivity index (χ4n) is 1.62. The molecule has 0 bridgehead atoms. The Morgan fingerprint density at radius 2 is 2.18 bits per heavy atom. The van der Waals surface area contributed by atoms with Crippen molar-refractivity contribution in [2.45, 2.75) is 0 Å². The lowest BCUT2D eigenvalue weighted by atomic mass is 10.1. The van der Waals surface area contributed by atoms with Crippen molar-refractivity contribution >= 4 is 29.2 Å². The number of nitrogens with one attached hydrogen (secondary N) is 1. The number of carbonyl (C=O) groups is 2. The minimum absolute atomic E-state index is 0.397. The second-order valence-electron chi connectivity index (χ2n) is 3.52.